The van der Waals surface area contributed by atoms with E-state index in [1.54, 1.807) is 41.0 Å². The summed E-state index contributed by atoms with van der Waals surface area (Å²) >= 11 is 0. The Morgan fingerprint density at radius 1 is 1.29 bits per heavy atom. The average molecular weight is 428 g/mol. The number of carbonyl (C=O) groups excluding carboxylic acids is 2. The van der Waals surface area contributed by atoms with Gasteiger partial charge in [-0.2, -0.15) is 5.10 Å². The number of halogens is 1. The van der Waals surface area contributed by atoms with Gasteiger partial charge in [0.15, 0.2) is 11.6 Å². The van der Waals surface area contributed by atoms with Gasteiger partial charge in [0.1, 0.15) is 18.1 Å². The van der Waals surface area contributed by atoms with Crippen LogP contribution >= 0.6 is 0 Å². The van der Waals surface area contributed by atoms with Crippen molar-refractivity contribution in [1.29, 1.82) is 0 Å². The number of fused-ring (bicyclic) bond motifs is 1. The van der Waals surface area contributed by atoms with Gasteiger partial charge in [-0.3, -0.25) is 9.48 Å². The van der Waals surface area contributed by atoms with Gasteiger partial charge in [-0.05, 0) is 24.6 Å². The van der Waals surface area contributed by atoms with Crippen molar-refractivity contribution in [3.63, 3.8) is 0 Å². The minimum absolute atomic E-state index is 0.0730. The van der Waals surface area contributed by atoms with E-state index in [1.165, 1.54) is 12.1 Å². The molecule has 10 heteroatoms. The standard InChI is InChI=1S/C21H21FN4O5/c1-25-17-11-19(15(20(23)27)9-13(17)12-24-25)31-18-4-3-14(10-16(18)22)29-7-2-5-26-6-8-30-21(26)28/h3-4,9-12H,2,5-8H2,1H3,(H2,23,27). The molecule has 2 amide bonds. The summed E-state index contributed by atoms with van der Waals surface area (Å²) in [6.07, 6.45) is 1.86. The zero-order chi connectivity index (χ0) is 22.0. The molecule has 0 saturated carbocycles. The highest BCUT2D eigenvalue weighted by atomic mass is 19.1. The van der Waals surface area contributed by atoms with Crippen molar-refractivity contribution < 1.29 is 28.2 Å². The van der Waals surface area contributed by atoms with E-state index in [-0.39, 0.29) is 23.2 Å². The first-order valence-electron chi connectivity index (χ1n) is 9.70. The Bertz CT molecular complexity index is 1150. The maximum absolute atomic E-state index is 14.6. The van der Waals surface area contributed by atoms with Crippen LogP contribution in [0, 0.1) is 5.82 Å². The van der Waals surface area contributed by atoms with Crippen LogP contribution in [-0.4, -0.2) is 53.0 Å². The van der Waals surface area contributed by atoms with E-state index >= 15 is 0 Å². The van der Waals surface area contributed by atoms with Crippen molar-refractivity contribution >= 4 is 22.9 Å². The van der Waals surface area contributed by atoms with Crippen LogP contribution in [0.15, 0.2) is 36.5 Å². The molecule has 2 aromatic carbocycles. The van der Waals surface area contributed by atoms with Gasteiger partial charge in [0.2, 0.25) is 0 Å². The molecule has 0 atom stereocenters. The molecule has 9 nitrogen and oxygen atoms in total. The highest BCUT2D eigenvalue weighted by Crippen LogP contribution is 2.32. The van der Waals surface area contributed by atoms with Crippen LogP contribution < -0.4 is 15.2 Å². The molecule has 1 fully saturated rings. The van der Waals surface area contributed by atoms with E-state index in [4.69, 9.17) is 19.9 Å². The molecule has 0 spiro atoms. The van der Waals surface area contributed by atoms with E-state index < -0.39 is 11.7 Å². The van der Waals surface area contributed by atoms with Crippen LogP contribution in [0.2, 0.25) is 0 Å². The number of aromatic nitrogens is 2. The lowest BCUT2D eigenvalue weighted by atomic mass is 10.1. The number of cyclic esters (lactones) is 1. The Hall–Kier alpha value is -3.82. The number of nitrogens with zero attached hydrogens (tertiary/aromatic N) is 3. The third kappa shape index (κ3) is 4.37. The predicted molar refractivity (Wildman–Crippen MR) is 109 cm³/mol. The molecule has 1 aromatic heterocycles. The first-order valence-corrected chi connectivity index (χ1v) is 9.70. The summed E-state index contributed by atoms with van der Waals surface area (Å²) < 4.78 is 32.3. The molecular formula is C21H21FN4O5. The Balaban J connectivity index is 1.43. The zero-order valence-electron chi connectivity index (χ0n) is 16.8. The normalized spacial score (nSPS) is 13.5. The highest BCUT2D eigenvalue weighted by Gasteiger charge is 2.21. The number of rotatable bonds is 8. The second-order valence-corrected chi connectivity index (χ2v) is 7.04. The monoisotopic (exact) mass is 428 g/mol. The SMILES string of the molecule is Cn1ncc2cc(C(N)=O)c(Oc3ccc(OCCCN4CCOC4=O)cc3F)cc21. The fourth-order valence-corrected chi connectivity index (χ4v) is 3.30. The summed E-state index contributed by atoms with van der Waals surface area (Å²) in [4.78, 5) is 24.8. The van der Waals surface area contributed by atoms with E-state index in [2.05, 4.69) is 5.10 Å². The minimum Gasteiger partial charge on any atom is -0.493 e. The van der Waals surface area contributed by atoms with Crippen molar-refractivity contribution in [3.8, 4) is 17.2 Å². The van der Waals surface area contributed by atoms with Crippen molar-refractivity contribution in [2.24, 2.45) is 12.8 Å². The molecule has 0 unspecified atom stereocenters. The van der Waals surface area contributed by atoms with E-state index in [9.17, 15) is 14.0 Å². The molecule has 162 valence electrons. The lowest BCUT2D eigenvalue weighted by Crippen LogP contribution is -2.26. The molecule has 0 bridgehead atoms. The first-order chi connectivity index (χ1) is 14.9. The van der Waals surface area contributed by atoms with Gasteiger partial charge in [0.05, 0.1) is 30.4 Å². The van der Waals surface area contributed by atoms with Gasteiger partial charge in [-0.1, -0.05) is 0 Å². The van der Waals surface area contributed by atoms with Crippen LogP contribution in [0.3, 0.4) is 0 Å². The number of hydrogen-bond acceptors (Lipinski definition) is 6. The molecule has 3 aromatic rings. The maximum Gasteiger partial charge on any atom is 0.409 e. The van der Waals surface area contributed by atoms with Crippen molar-refractivity contribution in [3.05, 3.63) is 47.9 Å². The minimum atomic E-state index is -0.692. The summed E-state index contributed by atoms with van der Waals surface area (Å²) in [6, 6.07) is 7.34. The third-order valence-corrected chi connectivity index (χ3v) is 4.92. The highest BCUT2D eigenvalue weighted by molar-refractivity contribution is 6.00. The van der Waals surface area contributed by atoms with Gasteiger partial charge in [0, 0.05) is 31.1 Å². The zero-order valence-corrected chi connectivity index (χ0v) is 16.8. The molecule has 0 radical (unpaired) electrons. The fourth-order valence-electron chi connectivity index (χ4n) is 3.30. The molecular weight excluding hydrogens is 407 g/mol. The Morgan fingerprint density at radius 3 is 2.84 bits per heavy atom. The summed E-state index contributed by atoms with van der Waals surface area (Å²) in [7, 11) is 1.75. The second-order valence-electron chi connectivity index (χ2n) is 7.04. The number of primary amides is 1. The Kier molecular flexibility index (Phi) is 5.61. The summed E-state index contributed by atoms with van der Waals surface area (Å²) in [5.74, 6) is -0.958. The molecule has 2 N–H and O–H groups in total. The van der Waals surface area contributed by atoms with Crippen LogP contribution in [0.1, 0.15) is 16.8 Å². The number of carbonyl (C=O) groups is 2. The largest absolute Gasteiger partial charge is 0.493 e. The summed E-state index contributed by atoms with van der Waals surface area (Å²) in [5.41, 5.74) is 6.29. The third-order valence-electron chi connectivity index (χ3n) is 4.92. The Labute approximate surface area is 177 Å². The average Bonchev–Trinajstić information content (AvgIpc) is 3.31. The molecule has 31 heavy (non-hydrogen) atoms. The number of amides is 2. The smallest absolute Gasteiger partial charge is 0.409 e. The maximum atomic E-state index is 14.6. The molecule has 0 aliphatic carbocycles. The Morgan fingerprint density at radius 2 is 2.13 bits per heavy atom. The lowest BCUT2D eigenvalue weighted by Gasteiger charge is -2.14. The van der Waals surface area contributed by atoms with Crippen LogP contribution in [-0.2, 0) is 11.8 Å². The second kappa shape index (κ2) is 8.50. The van der Waals surface area contributed by atoms with Gasteiger partial charge >= 0.3 is 6.09 Å². The molecule has 1 aliphatic rings. The van der Waals surface area contributed by atoms with Gasteiger partial charge in [-0.25, -0.2) is 9.18 Å². The molecule has 1 saturated heterocycles. The summed E-state index contributed by atoms with van der Waals surface area (Å²) in [6.45, 7) is 1.79. The van der Waals surface area contributed by atoms with E-state index in [1.807, 2.05) is 0 Å². The van der Waals surface area contributed by atoms with Crippen LogP contribution in [0.4, 0.5) is 9.18 Å². The lowest BCUT2D eigenvalue weighted by molar-refractivity contribution is 0.0998. The van der Waals surface area contributed by atoms with Crippen LogP contribution in [0.5, 0.6) is 17.2 Å². The van der Waals surface area contributed by atoms with E-state index in [0.717, 1.165) is 5.39 Å². The van der Waals surface area contributed by atoms with Gasteiger partial charge < -0.3 is 24.8 Å². The molecule has 2 heterocycles. The number of hydrogen-bond donors (Lipinski definition) is 1. The van der Waals surface area contributed by atoms with Crippen molar-refractivity contribution in [2.75, 3.05) is 26.3 Å². The first kappa shape index (κ1) is 20.5. The molecule has 1 aliphatic heterocycles. The number of ether oxygens (including phenoxy) is 3. The number of aryl methyl sites for hydroxylation is 1. The predicted octanol–water partition coefficient (Wildman–Crippen LogP) is 2.82. The topological polar surface area (TPSA) is 109 Å². The van der Waals surface area contributed by atoms with Gasteiger partial charge in [0.25, 0.3) is 5.91 Å². The van der Waals surface area contributed by atoms with Crippen molar-refractivity contribution in [2.45, 2.75) is 6.42 Å². The van der Waals surface area contributed by atoms with Crippen molar-refractivity contribution in [1.82, 2.24) is 14.7 Å². The fraction of sp³-hybridized carbons (Fsp3) is 0.286. The van der Waals surface area contributed by atoms with E-state index in [0.29, 0.717) is 44.0 Å². The number of benzene rings is 2. The molecule has 4 rings (SSSR count). The number of nitrogens with two attached hydrogens (primary N) is 1. The summed E-state index contributed by atoms with van der Waals surface area (Å²) in [5, 5.41) is 4.85. The quantitative estimate of drug-likeness (QED) is 0.553. The van der Waals surface area contributed by atoms with Crippen LogP contribution in [0.25, 0.3) is 10.9 Å². The van der Waals surface area contributed by atoms with Gasteiger partial charge in [-0.15, -0.1) is 0 Å².